The highest BCUT2D eigenvalue weighted by molar-refractivity contribution is 7.10. The van der Waals surface area contributed by atoms with Crippen LogP contribution >= 0.6 is 11.3 Å². The zero-order chi connectivity index (χ0) is 18.1. The molecule has 0 spiro atoms. The summed E-state index contributed by atoms with van der Waals surface area (Å²) in [5.74, 6) is 0.770. The van der Waals surface area contributed by atoms with Crippen LogP contribution in [0.3, 0.4) is 0 Å². The molecule has 25 heavy (non-hydrogen) atoms. The van der Waals surface area contributed by atoms with Crippen molar-refractivity contribution in [1.29, 1.82) is 0 Å². The van der Waals surface area contributed by atoms with E-state index in [1.54, 1.807) is 11.3 Å². The fraction of sp³-hybridized carbons (Fsp3) is 0.722. The normalized spacial score (nSPS) is 20.1. The molecule has 0 saturated carbocycles. The molecule has 1 fully saturated rings. The topological polar surface area (TPSA) is 63.1 Å². The molecule has 1 aliphatic rings. The molecule has 1 aromatic heterocycles. The molecule has 2 rings (SSSR count). The average molecular weight is 368 g/mol. The van der Waals surface area contributed by atoms with Gasteiger partial charge in [-0.25, -0.2) is 4.99 Å². The third kappa shape index (κ3) is 6.93. The summed E-state index contributed by atoms with van der Waals surface area (Å²) in [5.41, 5.74) is -0.925. The maximum absolute atomic E-state index is 10.6. The predicted molar refractivity (Wildman–Crippen MR) is 106 cm³/mol. The monoisotopic (exact) mass is 367 g/mol. The second-order valence-corrected chi connectivity index (χ2v) is 7.82. The van der Waals surface area contributed by atoms with Gasteiger partial charge in [-0.15, -0.1) is 11.3 Å². The first-order chi connectivity index (χ1) is 12.0. The Morgan fingerprint density at radius 2 is 2.16 bits per heavy atom. The van der Waals surface area contributed by atoms with Crippen molar-refractivity contribution in [3.63, 3.8) is 0 Å². The van der Waals surface area contributed by atoms with Crippen molar-refractivity contribution in [1.82, 2.24) is 20.4 Å². The average Bonchev–Trinajstić information content (AvgIpc) is 3.05. The van der Waals surface area contributed by atoms with Crippen LogP contribution in [0.1, 0.15) is 25.1 Å². The summed E-state index contributed by atoms with van der Waals surface area (Å²) in [6.07, 6.45) is 1.23. The SMILES string of the molecule is CCNC(=NCC(C)(O)c1cccs1)NCCN1CCCN(C)CC1. The van der Waals surface area contributed by atoms with Crippen LogP contribution in [0.2, 0.25) is 0 Å². The summed E-state index contributed by atoms with van der Waals surface area (Å²) in [5, 5.41) is 19.2. The lowest BCUT2D eigenvalue weighted by molar-refractivity contribution is 0.0711. The van der Waals surface area contributed by atoms with Crippen LogP contribution in [0.25, 0.3) is 0 Å². The lowest BCUT2D eigenvalue weighted by Crippen LogP contribution is -2.43. The number of hydrogen-bond acceptors (Lipinski definition) is 5. The molecule has 7 heteroatoms. The van der Waals surface area contributed by atoms with E-state index in [1.165, 1.54) is 13.0 Å². The van der Waals surface area contributed by atoms with E-state index in [9.17, 15) is 5.11 Å². The number of aliphatic hydroxyl groups is 1. The highest BCUT2D eigenvalue weighted by Gasteiger charge is 2.24. The van der Waals surface area contributed by atoms with Gasteiger partial charge < -0.3 is 25.5 Å². The largest absolute Gasteiger partial charge is 0.383 e. The molecule has 0 aliphatic carbocycles. The number of likely N-dealkylation sites (N-methyl/N-ethyl adjacent to an activating group) is 1. The second-order valence-electron chi connectivity index (χ2n) is 6.87. The minimum Gasteiger partial charge on any atom is -0.383 e. The molecule has 142 valence electrons. The Bertz CT molecular complexity index is 518. The number of nitrogens with one attached hydrogen (secondary N) is 2. The summed E-state index contributed by atoms with van der Waals surface area (Å²) in [4.78, 5) is 10.4. The van der Waals surface area contributed by atoms with Crippen molar-refractivity contribution in [3.05, 3.63) is 22.4 Å². The fourth-order valence-electron chi connectivity index (χ4n) is 2.89. The molecule has 2 heterocycles. The third-order valence-corrected chi connectivity index (χ3v) is 5.60. The van der Waals surface area contributed by atoms with E-state index in [1.807, 2.05) is 24.4 Å². The smallest absolute Gasteiger partial charge is 0.191 e. The van der Waals surface area contributed by atoms with Crippen molar-refractivity contribution in [2.45, 2.75) is 25.9 Å². The van der Waals surface area contributed by atoms with Crippen molar-refractivity contribution >= 4 is 17.3 Å². The third-order valence-electron chi connectivity index (χ3n) is 4.47. The molecule has 1 saturated heterocycles. The van der Waals surface area contributed by atoms with Crippen molar-refractivity contribution in [2.24, 2.45) is 4.99 Å². The van der Waals surface area contributed by atoms with Gasteiger partial charge in [-0.2, -0.15) is 0 Å². The summed E-state index contributed by atoms with van der Waals surface area (Å²) < 4.78 is 0. The maximum atomic E-state index is 10.6. The zero-order valence-corrected chi connectivity index (χ0v) is 16.6. The minimum atomic E-state index is -0.925. The van der Waals surface area contributed by atoms with Gasteiger partial charge in [0, 0.05) is 37.6 Å². The van der Waals surface area contributed by atoms with Crippen LogP contribution in [0.4, 0.5) is 0 Å². The Morgan fingerprint density at radius 1 is 1.32 bits per heavy atom. The van der Waals surface area contributed by atoms with Gasteiger partial charge in [-0.1, -0.05) is 6.07 Å². The van der Waals surface area contributed by atoms with Gasteiger partial charge in [0.25, 0.3) is 0 Å². The summed E-state index contributed by atoms with van der Waals surface area (Å²) in [6.45, 7) is 11.5. The Kier molecular flexibility index (Phi) is 8.15. The van der Waals surface area contributed by atoms with E-state index in [-0.39, 0.29) is 0 Å². The van der Waals surface area contributed by atoms with Crippen LogP contribution in [0.15, 0.2) is 22.5 Å². The molecule has 0 radical (unpaired) electrons. The van der Waals surface area contributed by atoms with E-state index >= 15 is 0 Å². The number of hydrogen-bond donors (Lipinski definition) is 3. The number of thiophene rings is 1. The van der Waals surface area contributed by atoms with Crippen LogP contribution in [0, 0.1) is 0 Å². The molecule has 0 aromatic carbocycles. The van der Waals surface area contributed by atoms with Gasteiger partial charge in [-0.05, 0) is 51.9 Å². The Labute approximate surface area is 155 Å². The van der Waals surface area contributed by atoms with Crippen LogP contribution < -0.4 is 10.6 Å². The molecule has 3 N–H and O–H groups in total. The van der Waals surface area contributed by atoms with Crippen LogP contribution in [0.5, 0.6) is 0 Å². The molecule has 0 bridgehead atoms. The van der Waals surface area contributed by atoms with Gasteiger partial charge in [0.1, 0.15) is 5.60 Å². The van der Waals surface area contributed by atoms with E-state index < -0.39 is 5.60 Å². The molecular weight excluding hydrogens is 334 g/mol. The number of guanidine groups is 1. The minimum absolute atomic E-state index is 0.345. The van der Waals surface area contributed by atoms with Gasteiger partial charge in [0.2, 0.25) is 0 Å². The number of rotatable bonds is 7. The van der Waals surface area contributed by atoms with Gasteiger partial charge in [0.05, 0.1) is 6.54 Å². The van der Waals surface area contributed by atoms with E-state index in [4.69, 9.17) is 0 Å². The first kappa shape index (κ1) is 20.2. The second kappa shape index (κ2) is 10.1. The first-order valence-corrected chi connectivity index (χ1v) is 10.1. The fourth-order valence-corrected chi connectivity index (χ4v) is 3.67. The Hall–Kier alpha value is -1.15. The highest BCUT2D eigenvalue weighted by atomic mass is 32.1. The van der Waals surface area contributed by atoms with Crippen LogP contribution in [-0.4, -0.2) is 80.3 Å². The highest BCUT2D eigenvalue weighted by Crippen LogP contribution is 2.25. The van der Waals surface area contributed by atoms with Crippen molar-refractivity contribution < 1.29 is 5.11 Å². The summed E-state index contributed by atoms with van der Waals surface area (Å²) in [6, 6.07) is 3.91. The number of aliphatic imine (C=N–C) groups is 1. The predicted octanol–water partition coefficient (Wildman–Crippen LogP) is 1.15. The van der Waals surface area contributed by atoms with Crippen molar-refractivity contribution in [2.75, 3.05) is 59.4 Å². The lowest BCUT2D eigenvalue weighted by Gasteiger charge is -2.22. The van der Waals surface area contributed by atoms with E-state index in [0.29, 0.717) is 6.54 Å². The standard InChI is InChI=1S/C18H33N5OS/c1-4-19-17(21-15-18(2,24)16-7-5-14-25-16)20-8-11-23-10-6-9-22(3)12-13-23/h5,7,14,24H,4,6,8-13,15H2,1-3H3,(H2,19,20,21). The maximum Gasteiger partial charge on any atom is 0.191 e. The summed E-state index contributed by atoms with van der Waals surface area (Å²) in [7, 11) is 2.19. The van der Waals surface area contributed by atoms with Gasteiger partial charge in [-0.3, -0.25) is 0 Å². The summed E-state index contributed by atoms with van der Waals surface area (Å²) >= 11 is 1.56. The van der Waals surface area contributed by atoms with E-state index in [0.717, 1.165) is 50.1 Å². The molecular formula is C18H33N5OS. The molecule has 6 nitrogen and oxygen atoms in total. The lowest BCUT2D eigenvalue weighted by atomic mass is 10.1. The Balaban J connectivity index is 1.81. The van der Waals surface area contributed by atoms with E-state index in [2.05, 4.69) is 39.4 Å². The number of nitrogens with zero attached hydrogens (tertiary/aromatic N) is 3. The molecule has 0 amide bonds. The Morgan fingerprint density at radius 3 is 2.88 bits per heavy atom. The zero-order valence-electron chi connectivity index (χ0n) is 15.8. The van der Waals surface area contributed by atoms with Gasteiger partial charge in [0.15, 0.2) is 5.96 Å². The molecule has 1 aromatic rings. The molecule has 1 atom stereocenters. The molecule has 1 unspecified atom stereocenters. The van der Waals surface area contributed by atoms with Crippen LogP contribution in [-0.2, 0) is 5.60 Å². The molecule has 1 aliphatic heterocycles. The van der Waals surface area contributed by atoms with Crippen molar-refractivity contribution in [3.8, 4) is 0 Å². The quantitative estimate of drug-likeness (QED) is 0.498. The van der Waals surface area contributed by atoms with Gasteiger partial charge >= 0.3 is 0 Å². The first-order valence-electron chi connectivity index (χ1n) is 9.20.